The Morgan fingerprint density at radius 1 is 1.26 bits per heavy atom. The highest BCUT2D eigenvalue weighted by molar-refractivity contribution is 7.92. The van der Waals surface area contributed by atoms with Crippen molar-refractivity contribution in [3.05, 3.63) is 36.3 Å². The molecule has 1 unspecified atom stereocenters. The summed E-state index contributed by atoms with van der Waals surface area (Å²) in [7, 11) is -1.05. The second-order valence-electron chi connectivity index (χ2n) is 6.15. The van der Waals surface area contributed by atoms with Crippen LogP contribution >= 0.6 is 0 Å². The van der Waals surface area contributed by atoms with Crippen LogP contribution in [0.1, 0.15) is 18.9 Å². The van der Waals surface area contributed by atoms with E-state index in [1.807, 2.05) is 37.0 Å². The first kappa shape index (κ1) is 16.1. The first-order chi connectivity index (χ1) is 11.0. The van der Waals surface area contributed by atoms with E-state index in [9.17, 15) is 8.42 Å². The number of rotatable bonds is 3. The van der Waals surface area contributed by atoms with Gasteiger partial charge in [-0.1, -0.05) is 0 Å². The Morgan fingerprint density at radius 2 is 2.00 bits per heavy atom. The van der Waals surface area contributed by atoms with E-state index in [4.69, 9.17) is 0 Å². The Balaban J connectivity index is 1.81. The highest BCUT2D eigenvalue weighted by Crippen LogP contribution is 2.23. The molecular weight excluding hydrogens is 312 g/mol. The molecule has 3 heterocycles. The van der Waals surface area contributed by atoms with E-state index in [1.165, 1.54) is 0 Å². The van der Waals surface area contributed by atoms with Crippen molar-refractivity contribution in [2.75, 3.05) is 18.8 Å². The highest BCUT2D eigenvalue weighted by atomic mass is 32.2. The Hall–Kier alpha value is -1.73. The summed E-state index contributed by atoms with van der Waals surface area (Å²) in [5.74, 6) is 0.235. The van der Waals surface area contributed by atoms with Crippen LogP contribution in [0.3, 0.4) is 0 Å². The predicted molar refractivity (Wildman–Crippen MR) is 89.6 cm³/mol. The molecule has 1 aliphatic rings. The number of pyridine rings is 1. The molecule has 2 aromatic rings. The molecule has 0 aliphatic carbocycles. The van der Waals surface area contributed by atoms with E-state index in [0.29, 0.717) is 19.5 Å². The van der Waals surface area contributed by atoms with E-state index < -0.39 is 9.84 Å². The van der Waals surface area contributed by atoms with Crippen molar-refractivity contribution < 1.29 is 8.42 Å². The van der Waals surface area contributed by atoms with Crippen LogP contribution in [0.2, 0.25) is 0 Å². The smallest absolute Gasteiger partial charge is 0.154 e. The molecule has 0 saturated carbocycles. The highest BCUT2D eigenvalue weighted by Gasteiger charge is 2.26. The quantitative estimate of drug-likeness (QED) is 0.851. The summed E-state index contributed by atoms with van der Waals surface area (Å²) in [6, 6.07) is 3.89. The van der Waals surface area contributed by atoms with Crippen LogP contribution in [0.15, 0.2) is 30.7 Å². The minimum Gasteiger partial charge on any atom is -0.298 e. The van der Waals surface area contributed by atoms with Gasteiger partial charge < -0.3 is 0 Å². The molecule has 124 valence electrons. The van der Waals surface area contributed by atoms with Crippen LogP contribution in [-0.2, 0) is 23.4 Å². The fourth-order valence-electron chi connectivity index (χ4n) is 2.92. The average Bonchev–Trinajstić information content (AvgIpc) is 2.85. The average molecular weight is 334 g/mol. The van der Waals surface area contributed by atoms with Crippen LogP contribution in [-0.4, -0.2) is 52.2 Å². The molecule has 3 rings (SSSR count). The number of hydrogen-bond donors (Lipinski definition) is 0. The van der Waals surface area contributed by atoms with Crippen molar-refractivity contribution >= 4 is 9.84 Å². The molecule has 1 aliphatic heterocycles. The summed E-state index contributed by atoms with van der Waals surface area (Å²) in [6.45, 7) is 3.90. The molecule has 7 heteroatoms. The minimum atomic E-state index is -2.95. The number of nitrogens with zero attached hydrogens (tertiary/aromatic N) is 4. The van der Waals surface area contributed by atoms with E-state index in [-0.39, 0.29) is 11.0 Å². The van der Waals surface area contributed by atoms with Gasteiger partial charge in [-0.05, 0) is 32.0 Å². The summed E-state index contributed by atoms with van der Waals surface area (Å²) in [4.78, 5) is 6.26. The molecule has 0 radical (unpaired) electrons. The van der Waals surface area contributed by atoms with Crippen molar-refractivity contribution in [2.24, 2.45) is 7.05 Å². The van der Waals surface area contributed by atoms with E-state index in [0.717, 1.165) is 23.4 Å². The summed E-state index contributed by atoms with van der Waals surface area (Å²) >= 11 is 0. The van der Waals surface area contributed by atoms with E-state index in [1.54, 1.807) is 12.4 Å². The zero-order valence-corrected chi connectivity index (χ0v) is 14.3. The molecule has 0 N–H and O–H groups in total. The summed E-state index contributed by atoms with van der Waals surface area (Å²) < 4.78 is 25.9. The Labute approximate surface area is 137 Å². The molecule has 0 aromatic carbocycles. The molecular formula is C16H22N4O2S. The van der Waals surface area contributed by atoms with Gasteiger partial charge in [0.05, 0.1) is 16.7 Å². The lowest BCUT2D eigenvalue weighted by Gasteiger charge is -2.19. The minimum absolute atomic E-state index is 0.235. The van der Waals surface area contributed by atoms with Crippen molar-refractivity contribution in [3.8, 4) is 11.3 Å². The number of aromatic nitrogens is 3. The van der Waals surface area contributed by atoms with Crippen LogP contribution in [0.4, 0.5) is 0 Å². The summed E-state index contributed by atoms with van der Waals surface area (Å²) in [6.07, 6.45) is 6.22. The first-order valence-corrected chi connectivity index (χ1v) is 9.54. The summed E-state index contributed by atoms with van der Waals surface area (Å²) in [5.41, 5.74) is 3.09. The van der Waals surface area contributed by atoms with Crippen molar-refractivity contribution in [1.29, 1.82) is 0 Å². The van der Waals surface area contributed by atoms with Gasteiger partial charge in [0.2, 0.25) is 0 Å². The monoisotopic (exact) mass is 334 g/mol. The second kappa shape index (κ2) is 6.41. The lowest BCUT2D eigenvalue weighted by molar-refractivity contribution is 0.284. The van der Waals surface area contributed by atoms with Gasteiger partial charge in [-0.2, -0.15) is 5.10 Å². The van der Waals surface area contributed by atoms with Crippen LogP contribution in [0.25, 0.3) is 11.3 Å². The maximum atomic E-state index is 12.0. The molecule has 23 heavy (non-hydrogen) atoms. The largest absolute Gasteiger partial charge is 0.298 e. The SMILES string of the molecule is CC1CCN(Cc2cn(C)nc2-c2ccncc2)CCS1(=O)=O. The van der Waals surface area contributed by atoms with Gasteiger partial charge >= 0.3 is 0 Å². The topological polar surface area (TPSA) is 68.1 Å². The predicted octanol–water partition coefficient (Wildman–Crippen LogP) is 1.49. The number of sulfone groups is 1. The van der Waals surface area contributed by atoms with Gasteiger partial charge in [-0.3, -0.25) is 14.6 Å². The summed E-state index contributed by atoms with van der Waals surface area (Å²) in [5, 5.41) is 4.31. The number of hydrogen-bond acceptors (Lipinski definition) is 5. The molecule has 2 aromatic heterocycles. The maximum Gasteiger partial charge on any atom is 0.154 e. The van der Waals surface area contributed by atoms with Crippen molar-refractivity contribution in [3.63, 3.8) is 0 Å². The van der Waals surface area contributed by atoms with E-state index >= 15 is 0 Å². The van der Waals surface area contributed by atoms with Crippen molar-refractivity contribution in [2.45, 2.75) is 25.1 Å². The third-order valence-corrected chi connectivity index (χ3v) is 6.62. The van der Waals surface area contributed by atoms with Crippen LogP contribution < -0.4 is 0 Å². The fourth-order valence-corrected chi connectivity index (χ4v) is 4.30. The number of aryl methyl sites for hydroxylation is 1. The molecule has 1 saturated heterocycles. The first-order valence-electron chi connectivity index (χ1n) is 7.82. The van der Waals surface area contributed by atoms with Gasteiger partial charge in [0, 0.05) is 49.9 Å². The Morgan fingerprint density at radius 3 is 2.74 bits per heavy atom. The third kappa shape index (κ3) is 3.61. The zero-order chi connectivity index (χ0) is 16.4. The van der Waals surface area contributed by atoms with Gasteiger partial charge in [0.1, 0.15) is 0 Å². The molecule has 1 fully saturated rings. The molecule has 0 spiro atoms. The van der Waals surface area contributed by atoms with Gasteiger partial charge in [-0.25, -0.2) is 8.42 Å². The lowest BCUT2D eigenvalue weighted by atomic mass is 10.1. The van der Waals surface area contributed by atoms with Gasteiger partial charge in [0.25, 0.3) is 0 Å². The van der Waals surface area contributed by atoms with Crippen molar-refractivity contribution in [1.82, 2.24) is 19.7 Å². The van der Waals surface area contributed by atoms with Gasteiger partial charge in [0.15, 0.2) is 9.84 Å². The standard InChI is InChI=1S/C16H22N4O2S/c1-13-5-8-20(9-10-23(13,21)22)12-15-11-19(2)18-16(15)14-3-6-17-7-4-14/h3-4,6-7,11,13H,5,8-10,12H2,1-2H3. The zero-order valence-electron chi connectivity index (χ0n) is 13.5. The van der Waals surface area contributed by atoms with Crippen LogP contribution in [0, 0.1) is 0 Å². The van der Waals surface area contributed by atoms with E-state index in [2.05, 4.69) is 15.0 Å². The normalized spacial score (nSPS) is 21.9. The Bertz CT molecular complexity index is 771. The fraction of sp³-hybridized carbons (Fsp3) is 0.500. The van der Waals surface area contributed by atoms with Crippen LogP contribution in [0.5, 0.6) is 0 Å². The molecule has 0 bridgehead atoms. The molecule has 6 nitrogen and oxygen atoms in total. The second-order valence-corrected chi connectivity index (χ2v) is 8.69. The maximum absolute atomic E-state index is 12.0. The molecule has 1 atom stereocenters. The Kier molecular flexibility index (Phi) is 4.50. The molecule has 0 amide bonds. The third-order valence-electron chi connectivity index (χ3n) is 4.41. The lowest BCUT2D eigenvalue weighted by Crippen LogP contribution is -2.26. The van der Waals surface area contributed by atoms with Gasteiger partial charge in [-0.15, -0.1) is 0 Å².